The van der Waals surface area contributed by atoms with Crippen LogP contribution in [0, 0.1) is 0 Å². The average molecular weight is 286 g/mol. The summed E-state index contributed by atoms with van der Waals surface area (Å²) in [7, 11) is 3.23. The first-order valence-corrected chi connectivity index (χ1v) is 6.28. The van der Waals surface area contributed by atoms with Crippen LogP contribution in [0.5, 0.6) is 0 Å². The van der Waals surface area contributed by atoms with Crippen LogP contribution in [0.1, 0.15) is 10.4 Å². The van der Waals surface area contributed by atoms with Crippen LogP contribution >= 0.6 is 11.6 Å². The van der Waals surface area contributed by atoms with Crippen LogP contribution in [-0.4, -0.2) is 50.6 Å². The molecular weight excluding hydrogens is 270 g/mol. The number of aromatic carboxylic acids is 1. The highest BCUT2D eigenvalue weighted by Gasteiger charge is 2.35. The molecular formula is C13H16ClNO4. The Balaban J connectivity index is 2.35. The van der Waals surface area contributed by atoms with Gasteiger partial charge in [0.2, 0.25) is 0 Å². The van der Waals surface area contributed by atoms with E-state index in [0.717, 1.165) is 0 Å². The molecule has 2 unspecified atom stereocenters. The fourth-order valence-corrected chi connectivity index (χ4v) is 2.68. The van der Waals surface area contributed by atoms with E-state index in [1.807, 2.05) is 4.90 Å². The van der Waals surface area contributed by atoms with Gasteiger partial charge in [-0.15, -0.1) is 0 Å². The molecule has 0 radical (unpaired) electrons. The Morgan fingerprint density at radius 3 is 2.37 bits per heavy atom. The molecule has 5 nitrogen and oxygen atoms in total. The third kappa shape index (κ3) is 2.68. The third-order valence-electron chi connectivity index (χ3n) is 3.35. The quantitative estimate of drug-likeness (QED) is 0.915. The van der Waals surface area contributed by atoms with Crippen molar-refractivity contribution in [1.82, 2.24) is 0 Å². The zero-order valence-electron chi connectivity index (χ0n) is 10.8. The van der Waals surface area contributed by atoms with Crippen molar-refractivity contribution in [2.45, 2.75) is 12.2 Å². The Morgan fingerprint density at radius 1 is 1.32 bits per heavy atom. The van der Waals surface area contributed by atoms with Crippen molar-refractivity contribution in [1.29, 1.82) is 0 Å². The largest absolute Gasteiger partial charge is 0.478 e. The first-order chi connectivity index (χ1) is 9.08. The molecule has 2 rings (SSSR count). The SMILES string of the molecule is COC1CN(c2c(Cl)cccc2C(=O)O)CC1OC. The van der Waals surface area contributed by atoms with E-state index in [2.05, 4.69) is 0 Å². The minimum Gasteiger partial charge on any atom is -0.478 e. The lowest BCUT2D eigenvalue weighted by Gasteiger charge is -2.21. The summed E-state index contributed by atoms with van der Waals surface area (Å²) >= 11 is 6.15. The van der Waals surface area contributed by atoms with E-state index < -0.39 is 5.97 Å². The molecule has 0 bridgehead atoms. The summed E-state index contributed by atoms with van der Waals surface area (Å²) in [4.78, 5) is 13.2. The lowest BCUT2D eigenvalue weighted by molar-refractivity contribution is -0.00461. The monoisotopic (exact) mass is 285 g/mol. The lowest BCUT2D eigenvalue weighted by Crippen LogP contribution is -2.27. The van der Waals surface area contributed by atoms with Crippen LogP contribution in [0.3, 0.4) is 0 Å². The summed E-state index contributed by atoms with van der Waals surface area (Å²) in [5.41, 5.74) is 0.720. The number of halogens is 1. The third-order valence-corrected chi connectivity index (χ3v) is 3.66. The van der Waals surface area contributed by atoms with E-state index >= 15 is 0 Å². The molecule has 1 aliphatic rings. The topological polar surface area (TPSA) is 59.0 Å². The van der Waals surface area contributed by atoms with E-state index in [1.165, 1.54) is 0 Å². The number of para-hydroxylation sites is 1. The minimum absolute atomic E-state index is 0.0945. The smallest absolute Gasteiger partial charge is 0.337 e. The van der Waals surface area contributed by atoms with Crippen molar-refractivity contribution in [3.63, 3.8) is 0 Å². The van der Waals surface area contributed by atoms with Crippen molar-refractivity contribution in [2.75, 3.05) is 32.2 Å². The lowest BCUT2D eigenvalue weighted by atomic mass is 10.1. The molecule has 2 atom stereocenters. The van der Waals surface area contributed by atoms with Gasteiger partial charge in [0, 0.05) is 27.3 Å². The maximum atomic E-state index is 11.3. The van der Waals surface area contributed by atoms with Crippen molar-refractivity contribution in [3.05, 3.63) is 28.8 Å². The molecule has 1 aliphatic heterocycles. The summed E-state index contributed by atoms with van der Waals surface area (Å²) in [5.74, 6) is -0.993. The Labute approximate surface area is 116 Å². The van der Waals surface area contributed by atoms with Gasteiger partial charge in [0.15, 0.2) is 0 Å². The number of nitrogens with zero attached hydrogens (tertiary/aromatic N) is 1. The summed E-state index contributed by atoms with van der Waals surface area (Å²) in [6.45, 7) is 1.11. The first kappa shape index (κ1) is 14.1. The number of carboxylic acid groups (broad SMARTS) is 1. The molecule has 1 saturated heterocycles. The molecule has 6 heteroatoms. The molecule has 1 fully saturated rings. The average Bonchev–Trinajstić information content (AvgIpc) is 2.81. The first-order valence-electron chi connectivity index (χ1n) is 5.90. The van der Waals surface area contributed by atoms with Gasteiger partial charge in [-0.2, -0.15) is 0 Å². The molecule has 1 heterocycles. The van der Waals surface area contributed by atoms with Crippen LogP contribution in [-0.2, 0) is 9.47 Å². The molecule has 1 aromatic rings. The summed E-state index contributed by atoms with van der Waals surface area (Å²) < 4.78 is 10.7. The van der Waals surface area contributed by atoms with Crippen LogP contribution in [0.2, 0.25) is 5.02 Å². The van der Waals surface area contributed by atoms with E-state index in [9.17, 15) is 9.90 Å². The Kier molecular flexibility index (Phi) is 4.29. The molecule has 0 aliphatic carbocycles. The predicted molar refractivity (Wildman–Crippen MR) is 72.2 cm³/mol. The van der Waals surface area contributed by atoms with Gasteiger partial charge < -0.3 is 19.5 Å². The standard InChI is InChI=1S/C13H16ClNO4/c1-18-10-6-15(7-11(10)19-2)12-8(13(16)17)4-3-5-9(12)14/h3-5,10-11H,6-7H2,1-2H3,(H,16,17). The van der Waals surface area contributed by atoms with E-state index in [0.29, 0.717) is 23.8 Å². The van der Waals surface area contributed by atoms with Gasteiger partial charge in [-0.25, -0.2) is 4.79 Å². The van der Waals surface area contributed by atoms with Crippen LogP contribution in [0.25, 0.3) is 0 Å². The second-order valence-corrected chi connectivity index (χ2v) is 4.80. The van der Waals surface area contributed by atoms with E-state index in [1.54, 1.807) is 32.4 Å². The molecule has 104 valence electrons. The van der Waals surface area contributed by atoms with Gasteiger partial charge in [0.1, 0.15) is 12.2 Å². The van der Waals surface area contributed by atoms with E-state index in [4.69, 9.17) is 21.1 Å². The maximum absolute atomic E-state index is 11.3. The number of rotatable bonds is 4. The highest BCUT2D eigenvalue weighted by Crippen LogP contribution is 2.33. The number of benzene rings is 1. The second kappa shape index (κ2) is 5.77. The Morgan fingerprint density at radius 2 is 1.89 bits per heavy atom. The number of anilines is 1. The van der Waals surface area contributed by atoms with Crippen molar-refractivity contribution in [3.8, 4) is 0 Å². The molecule has 0 saturated carbocycles. The molecule has 0 aromatic heterocycles. The zero-order chi connectivity index (χ0) is 14.0. The predicted octanol–water partition coefficient (Wildman–Crippen LogP) is 1.89. The van der Waals surface area contributed by atoms with Gasteiger partial charge in [-0.1, -0.05) is 17.7 Å². The highest BCUT2D eigenvalue weighted by molar-refractivity contribution is 6.34. The summed E-state index contributed by atoms with van der Waals surface area (Å²) in [6, 6.07) is 4.86. The number of hydrogen-bond acceptors (Lipinski definition) is 4. The van der Waals surface area contributed by atoms with Crippen molar-refractivity contribution >= 4 is 23.3 Å². The van der Waals surface area contributed by atoms with Gasteiger partial charge in [-0.05, 0) is 12.1 Å². The summed E-state index contributed by atoms with van der Waals surface area (Å²) in [6.07, 6.45) is -0.189. The van der Waals surface area contributed by atoms with E-state index in [-0.39, 0.29) is 17.8 Å². The number of methoxy groups -OCH3 is 2. The number of carboxylic acids is 1. The van der Waals surface area contributed by atoms with Crippen molar-refractivity contribution in [2.24, 2.45) is 0 Å². The van der Waals surface area contributed by atoms with Gasteiger partial charge >= 0.3 is 5.97 Å². The highest BCUT2D eigenvalue weighted by atomic mass is 35.5. The van der Waals surface area contributed by atoms with Gasteiger partial charge in [0.25, 0.3) is 0 Å². The summed E-state index contributed by atoms with van der Waals surface area (Å²) in [5, 5.41) is 9.67. The van der Waals surface area contributed by atoms with Crippen LogP contribution < -0.4 is 4.90 Å². The van der Waals surface area contributed by atoms with Gasteiger partial charge in [-0.3, -0.25) is 0 Å². The number of ether oxygens (including phenoxy) is 2. The number of hydrogen-bond donors (Lipinski definition) is 1. The van der Waals surface area contributed by atoms with Crippen LogP contribution in [0.4, 0.5) is 5.69 Å². The van der Waals surface area contributed by atoms with Crippen molar-refractivity contribution < 1.29 is 19.4 Å². The maximum Gasteiger partial charge on any atom is 0.337 e. The molecule has 0 amide bonds. The normalized spacial score (nSPS) is 22.8. The Bertz CT molecular complexity index is 468. The molecule has 19 heavy (non-hydrogen) atoms. The zero-order valence-corrected chi connectivity index (χ0v) is 11.6. The fourth-order valence-electron chi connectivity index (χ4n) is 2.39. The van der Waals surface area contributed by atoms with Crippen LogP contribution in [0.15, 0.2) is 18.2 Å². The molecule has 0 spiro atoms. The fraction of sp³-hybridized carbons (Fsp3) is 0.462. The number of carbonyl (C=O) groups is 1. The Hall–Kier alpha value is -1.30. The van der Waals surface area contributed by atoms with Gasteiger partial charge in [0.05, 0.1) is 16.3 Å². The second-order valence-electron chi connectivity index (χ2n) is 4.39. The molecule has 1 aromatic carbocycles. The molecule has 1 N–H and O–H groups in total. The minimum atomic E-state index is -0.993.